The summed E-state index contributed by atoms with van der Waals surface area (Å²) in [5.41, 5.74) is 10.7. The number of para-hydroxylation sites is 1. The maximum atomic E-state index is 6.12. The highest BCUT2D eigenvalue weighted by atomic mass is 16.3. The molecule has 0 amide bonds. The molecule has 3 heterocycles. The van der Waals surface area contributed by atoms with Gasteiger partial charge in [-0.1, -0.05) is 103 Å². The van der Waals surface area contributed by atoms with Gasteiger partial charge in [0.2, 0.25) is 5.95 Å². The van der Waals surface area contributed by atoms with E-state index in [9.17, 15) is 0 Å². The number of hydrogen-bond acceptors (Lipinski definition) is 3. The number of hydrogen-bond donors (Lipinski definition) is 0. The van der Waals surface area contributed by atoms with Gasteiger partial charge in [-0.05, 0) is 87.1 Å². The molecule has 0 N–H and O–H groups in total. The van der Waals surface area contributed by atoms with Crippen LogP contribution in [0.2, 0.25) is 0 Å². The standard InChI is InChI=1S/C44H27N3O/c1-2-8-28(9-3-1)35-26-45-44(46-27-35)47-40-19-16-32(31-15-14-29-10-4-5-11-30(29)22-31)23-37(40)38-24-33(17-20-41(38)47)34-18-21-43-39(25-34)36-12-6-7-13-42(36)48-43/h1-27H. The van der Waals surface area contributed by atoms with Crippen LogP contribution in [-0.4, -0.2) is 14.5 Å². The minimum Gasteiger partial charge on any atom is -0.456 e. The first-order chi connectivity index (χ1) is 23.8. The van der Waals surface area contributed by atoms with E-state index in [1.165, 1.54) is 21.9 Å². The zero-order valence-corrected chi connectivity index (χ0v) is 25.8. The molecule has 0 aliphatic heterocycles. The smallest absolute Gasteiger partial charge is 0.234 e. The van der Waals surface area contributed by atoms with E-state index in [1.807, 2.05) is 42.7 Å². The van der Waals surface area contributed by atoms with Crippen molar-refractivity contribution >= 4 is 54.5 Å². The van der Waals surface area contributed by atoms with E-state index in [0.717, 1.165) is 66.0 Å². The summed E-state index contributed by atoms with van der Waals surface area (Å²) >= 11 is 0. The molecule has 3 aromatic heterocycles. The first-order valence-electron chi connectivity index (χ1n) is 16.1. The fourth-order valence-electron chi connectivity index (χ4n) is 7.09. The molecule has 0 atom stereocenters. The first kappa shape index (κ1) is 26.7. The lowest BCUT2D eigenvalue weighted by Crippen LogP contribution is -2.00. The largest absolute Gasteiger partial charge is 0.456 e. The summed E-state index contributed by atoms with van der Waals surface area (Å²) in [4.78, 5) is 9.78. The molecule has 7 aromatic carbocycles. The predicted octanol–water partition coefficient (Wildman–Crippen LogP) is 11.6. The van der Waals surface area contributed by atoms with E-state index in [2.05, 4.69) is 126 Å². The van der Waals surface area contributed by atoms with Crippen molar-refractivity contribution in [1.29, 1.82) is 0 Å². The number of furan rings is 1. The van der Waals surface area contributed by atoms with Crippen LogP contribution in [-0.2, 0) is 0 Å². The second kappa shape index (κ2) is 10.5. The van der Waals surface area contributed by atoms with Gasteiger partial charge in [0.15, 0.2) is 0 Å². The van der Waals surface area contributed by atoms with Gasteiger partial charge in [0.05, 0.1) is 11.0 Å². The average Bonchev–Trinajstić information content (AvgIpc) is 3.69. The Labute approximate surface area is 276 Å². The van der Waals surface area contributed by atoms with Crippen molar-refractivity contribution in [1.82, 2.24) is 14.5 Å². The lowest BCUT2D eigenvalue weighted by molar-refractivity contribution is 0.669. The third-order valence-electron chi connectivity index (χ3n) is 9.50. The molecule has 0 bridgehead atoms. The second-order valence-electron chi connectivity index (χ2n) is 12.3. The molecule has 10 rings (SSSR count). The van der Waals surface area contributed by atoms with E-state index in [1.54, 1.807) is 0 Å². The summed E-state index contributed by atoms with van der Waals surface area (Å²) in [6.07, 6.45) is 3.83. The van der Waals surface area contributed by atoms with E-state index < -0.39 is 0 Å². The van der Waals surface area contributed by atoms with Crippen LogP contribution in [0.4, 0.5) is 0 Å². The first-order valence-corrected chi connectivity index (χ1v) is 16.1. The Balaban J connectivity index is 1.18. The number of nitrogens with zero attached hydrogens (tertiary/aromatic N) is 3. The van der Waals surface area contributed by atoms with Crippen LogP contribution in [0.5, 0.6) is 0 Å². The molecule has 0 aliphatic rings. The second-order valence-corrected chi connectivity index (χ2v) is 12.3. The van der Waals surface area contributed by atoms with Crippen LogP contribution in [0, 0.1) is 0 Å². The summed E-state index contributed by atoms with van der Waals surface area (Å²) in [5, 5.41) is 7.02. The number of fused-ring (bicyclic) bond motifs is 7. The molecular weight excluding hydrogens is 587 g/mol. The molecule has 0 unspecified atom stereocenters. The SMILES string of the molecule is c1ccc(-c2cnc(-n3c4ccc(-c5ccc6ccccc6c5)cc4c4cc(-c5ccc6oc7ccccc7c6c5)ccc43)nc2)cc1. The number of benzene rings is 7. The maximum absolute atomic E-state index is 6.12. The minimum atomic E-state index is 0.646. The Morgan fingerprint density at radius 1 is 0.375 bits per heavy atom. The summed E-state index contributed by atoms with van der Waals surface area (Å²) in [5.74, 6) is 0.646. The third kappa shape index (κ3) is 4.24. The van der Waals surface area contributed by atoms with Gasteiger partial charge in [-0.15, -0.1) is 0 Å². The Kier molecular flexibility index (Phi) is 5.84. The van der Waals surface area contributed by atoms with Crippen molar-refractivity contribution in [3.63, 3.8) is 0 Å². The topological polar surface area (TPSA) is 43.9 Å². The van der Waals surface area contributed by atoms with Crippen LogP contribution in [0.1, 0.15) is 0 Å². The summed E-state index contributed by atoms with van der Waals surface area (Å²) < 4.78 is 8.31. The lowest BCUT2D eigenvalue weighted by Gasteiger charge is -2.08. The van der Waals surface area contributed by atoms with Gasteiger partial charge in [0, 0.05) is 39.5 Å². The zero-order chi connectivity index (χ0) is 31.6. The maximum Gasteiger partial charge on any atom is 0.234 e. The van der Waals surface area contributed by atoms with Crippen molar-refractivity contribution in [3.05, 3.63) is 164 Å². The fraction of sp³-hybridized carbons (Fsp3) is 0. The van der Waals surface area contributed by atoms with Crippen LogP contribution in [0.25, 0.3) is 93.8 Å². The van der Waals surface area contributed by atoms with Gasteiger partial charge < -0.3 is 4.42 Å². The van der Waals surface area contributed by atoms with E-state index in [0.29, 0.717) is 5.95 Å². The molecule has 4 nitrogen and oxygen atoms in total. The van der Waals surface area contributed by atoms with Crippen LogP contribution >= 0.6 is 0 Å². The molecule has 4 heteroatoms. The fourth-order valence-corrected chi connectivity index (χ4v) is 7.09. The van der Waals surface area contributed by atoms with Crippen molar-refractivity contribution < 1.29 is 4.42 Å². The van der Waals surface area contributed by atoms with Crippen molar-refractivity contribution in [3.8, 4) is 39.3 Å². The van der Waals surface area contributed by atoms with Gasteiger partial charge in [-0.2, -0.15) is 0 Å². The van der Waals surface area contributed by atoms with Crippen molar-refractivity contribution in [2.24, 2.45) is 0 Å². The minimum absolute atomic E-state index is 0.646. The molecule has 0 spiro atoms. The monoisotopic (exact) mass is 613 g/mol. The van der Waals surface area contributed by atoms with Gasteiger partial charge in [0.25, 0.3) is 0 Å². The Bertz CT molecular complexity index is 2830. The molecule has 0 saturated heterocycles. The van der Waals surface area contributed by atoms with Gasteiger partial charge in [0.1, 0.15) is 11.2 Å². The van der Waals surface area contributed by atoms with Crippen LogP contribution in [0.15, 0.2) is 168 Å². The highest BCUT2D eigenvalue weighted by Gasteiger charge is 2.17. The van der Waals surface area contributed by atoms with Gasteiger partial charge in [-0.3, -0.25) is 4.57 Å². The van der Waals surface area contributed by atoms with E-state index >= 15 is 0 Å². The van der Waals surface area contributed by atoms with Crippen molar-refractivity contribution in [2.45, 2.75) is 0 Å². The highest BCUT2D eigenvalue weighted by molar-refractivity contribution is 6.12. The molecular formula is C44H27N3O. The van der Waals surface area contributed by atoms with Crippen molar-refractivity contribution in [2.75, 3.05) is 0 Å². The normalized spacial score (nSPS) is 11.8. The van der Waals surface area contributed by atoms with Gasteiger partial charge >= 0.3 is 0 Å². The molecule has 0 aliphatic carbocycles. The summed E-state index contributed by atoms with van der Waals surface area (Å²) in [6.45, 7) is 0. The third-order valence-corrected chi connectivity index (χ3v) is 9.50. The summed E-state index contributed by atoms with van der Waals surface area (Å²) in [6, 6.07) is 53.6. The van der Waals surface area contributed by atoms with Gasteiger partial charge in [-0.25, -0.2) is 9.97 Å². The quantitative estimate of drug-likeness (QED) is 0.198. The number of aromatic nitrogens is 3. The van der Waals surface area contributed by atoms with E-state index in [4.69, 9.17) is 14.4 Å². The molecule has 0 fully saturated rings. The Hall–Kier alpha value is -6.52. The molecule has 0 saturated carbocycles. The van der Waals surface area contributed by atoms with Crippen LogP contribution in [0.3, 0.4) is 0 Å². The van der Waals surface area contributed by atoms with Crippen LogP contribution < -0.4 is 0 Å². The predicted molar refractivity (Wildman–Crippen MR) is 197 cm³/mol. The lowest BCUT2D eigenvalue weighted by atomic mass is 9.98. The molecule has 0 radical (unpaired) electrons. The Morgan fingerprint density at radius 2 is 0.938 bits per heavy atom. The average molecular weight is 614 g/mol. The summed E-state index contributed by atoms with van der Waals surface area (Å²) in [7, 11) is 0. The zero-order valence-electron chi connectivity index (χ0n) is 25.8. The number of rotatable bonds is 4. The molecule has 224 valence electrons. The molecule has 48 heavy (non-hydrogen) atoms. The Morgan fingerprint density at radius 3 is 1.69 bits per heavy atom. The van der Waals surface area contributed by atoms with E-state index in [-0.39, 0.29) is 0 Å². The molecule has 10 aromatic rings. The highest BCUT2D eigenvalue weighted by Crippen LogP contribution is 2.38.